The highest BCUT2D eigenvalue weighted by atomic mass is 19.1. The zero-order valence-electron chi connectivity index (χ0n) is 18.2. The molecule has 0 atom stereocenters. The first-order valence-corrected chi connectivity index (χ1v) is 11.2. The van der Waals surface area contributed by atoms with Crippen molar-refractivity contribution >= 4 is 17.5 Å². The Hall–Kier alpha value is -3.74. The number of rotatable bonds is 5. The Morgan fingerprint density at radius 2 is 1.48 bits per heavy atom. The lowest BCUT2D eigenvalue weighted by atomic mass is 10.1. The highest BCUT2D eigenvalue weighted by Gasteiger charge is 2.19. The van der Waals surface area contributed by atoms with Crippen molar-refractivity contribution in [3.8, 4) is 5.69 Å². The van der Waals surface area contributed by atoms with Gasteiger partial charge in [-0.15, -0.1) is 0 Å². The van der Waals surface area contributed by atoms with Gasteiger partial charge >= 0.3 is 0 Å². The standard InChI is InChI=1S/C26H26FN3O3/c27-23-12-6-5-10-21(23)24(31)29-19-13-15-20(16-14-19)30-17-7-11-22(26(30)33)25(32)28-18-8-3-1-2-4-9-18/h5-7,10-18H,1-4,8-9H2,(H,28,32)(H,29,31). The molecule has 3 aromatic rings. The fourth-order valence-electron chi connectivity index (χ4n) is 4.11. The number of nitrogens with zero attached hydrogens (tertiary/aromatic N) is 1. The SMILES string of the molecule is O=C(Nc1ccc(-n2cccc(C(=O)NC3CCCCCC3)c2=O)cc1)c1ccccc1F. The van der Waals surface area contributed by atoms with Gasteiger partial charge in [-0.1, -0.05) is 37.8 Å². The van der Waals surface area contributed by atoms with Gasteiger partial charge in [0.2, 0.25) is 0 Å². The van der Waals surface area contributed by atoms with Crippen molar-refractivity contribution in [2.75, 3.05) is 5.32 Å². The molecule has 4 rings (SSSR count). The number of hydrogen-bond acceptors (Lipinski definition) is 3. The highest BCUT2D eigenvalue weighted by Crippen LogP contribution is 2.18. The summed E-state index contributed by atoms with van der Waals surface area (Å²) in [5, 5.41) is 5.66. The average molecular weight is 448 g/mol. The normalized spacial score (nSPS) is 14.3. The minimum atomic E-state index is -0.600. The van der Waals surface area contributed by atoms with Crippen molar-refractivity contribution in [2.24, 2.45) is 0 Å². The number of anilines is 1. The first-order chi connectivity index (χ1) is 16.0. The molecule has 2 aromatic carbocycles. The quantitative estimate of drug-likeness (QED) is 0.557. The molecule has 0 saturated heterocycles. The number of nitrogens with one attached hydrogen (secondary N) is 2. The lowest BCUT2D eigenvalue weighted by molar-refractivity contribution is 0.0930. The van der Waals surface area contributed by atoms with Crippen LogP contribution in [0.5, 0.6) is 0 Å². The second-order valence-corrected chi connectivity index (χ2v) is 8.24. The number of hydrogen-bond donors (Lipinski definition) is 2. The summed E-state index contributed by atoms with van der Waals surface area (Å²) < 4.78 is 15.2. The number of aromatic nitrogens is 1. The van der Waals surface area contributed by atoms with Crippen LogP contribution in [0.1, 0.15) is 59.2 Å². The third-order valence-corrected chi connectivity index (χ3v) is 5.90. The Kier molecular flexibility index (Phi) is 6.98. The molecule has 0 radical (unpaired) electrons. The van der Waals surface area contributed by atoms with Crippen LogP contribution in [0.4, 0.5) is 10.1 Å². The zero-order chi connectivity index (χ0) is 23.2. The Balaban J connectivity index is 1.49. The highest BCUT2D eigenvalue weighted by molar-refractivity contribution is 6.04. The monoisotopic (exact) mass is 447 g/mol. The molecule has 0 aliphatic heterocycles. The Bertz CT molecular complexity index is 1200. The van der Waals surface area contributed by atoms with Crippen molar-refractivity contribution in [3.05, 3.63) is 94.2 Å². The molecule has 1 aromatic heterocycles. The lowest BCUT2D eigenvalue weighted by Crippen LogP contribution is -2.38. The van der Waals surface area contributed by atoms with Gasteiger partial charge in [-0.2, -0.15) is 0 Å². The van der Waals surface area contributed by atoms with Crippen LogP contribution in [0.2, 0.25) is 0 Å². The molecule has 0 unspecified atom stereocenters. The molecule has 33 heavy (non-hydrogen) atoms. The lowest BCUT2D eigenvalue weighted by Gasteiger charge is -2.16. The van der Waals surface area contributed by atoms with E-state index in [9.17, 15) is 18.8 Å². The minimum Gasteiger partial charge on any atom is -0.349 e. The van der Waals surface area contributed by atoms with E-state index < -0.39 is 17.3 Å². The van der Waals surface area contributed by atoms with Crippen LogP contribution in [0.15, 0.2) is 71.7 Å². The Morgan fingerprint density at radius 3 is 2.18 bits per heavy atom. The van der Waals surface area contributed by atoms with Crippen molar-refractivity contribution in [1.82, 2.24) is 9.88 Å². The fourth-order valence-corrected chi connectivity index (χ4v) is 4.11. The van der Waals surface area contributed by atoms with E-state index in [0.29, 0.717) is 11.4 Å². The summed E-state index contributed by atoms with van der Waals surface area (Å²) in [5.74, 6) is -1.51. The summed E-state index contributed by atoms with van der Waals surface area (Å²) in [6.07, 6.45) is 8.01. The molecular weight excluding hydrogens is 421 g/mol. The van der Waals surface area contributed by atoms with E-state index in [4.69, 9.17) is 0 Å². The van der Waals surface area contributed by atoms with Gasteiger partial charge in [0.15, 0.2) is 0 Å². The third-order valence-electron chi connectivity index (χ3n) is 5.90. The average Bonchev–Trinajstić information content (AvgIpc) is 3.09. The van der Waals surface area contributed by atoms with Crippen molar-refractivity contribution in [1.29, 1.82) is 0 Å². The van der Waals surface area contributed by atoms with Crippen molar-refractivity contribution in [3.63, 3.8) is 0 Å². The van der Waals surface area contributed by atoms with E-state index in [1.807, 2.05) is 0 Å². The van der Waals surface area contributed by atoms with Crippen LogP contribution in [-0.4, -0.2) is 22.4 Å². The van der Waals surface area contributed by atoms with Gasteiger partial charge < -0.3 is 10.6 Å². The maximum Gasteiger partial charge on any atom is 0.267 e. The molecule has 7 heteroatoms. The maximum absolute atomic E-state index is 13.8. The summed E-state index contributed by atoms with van der Waals surface area (Å²) in [6, 6.07) is 15.6. The predicted octanol–water partition coefficient (Wildman–Crippen LogP) is 4.68. The topological polar surface area (TPSA) is 80.2 Å². The second-order valence-electron chi connectivity index (χ2n) is 8.24. The summed E-state index contributed by atoms with van der Waals surface area (Å²) in [7, 11) is 0. The first kappa shape index (κ1) is 22.5. The molecule has 1 aliphatic rings. The number of amides is 2. The minimum absolute atomic E-state index is 0.0508. The molecule has 2 N–H and O–H groups in total. The molecule has 170 valence electrons. The molecule has 0 spiro atoms. The maximum atomic E-state index is 13.8. The van der Waals surface area contributed by atoms with E-state index >= 15 is 0 Å². The van der Waals surface area contributed by atoms with Crippen molar-refractivity contribution < 1.29 is 14.0 Å². The smallest absolute Gasteiger partial charge is 0.267 e. The Labute approximate surface area is 191 Å². The third kappa shape index (κ3) is 5.37. The number of benzene rings is 2. The number of pyridine rings is 1. The molecule has 1 aliphatic carbocycles. The van der Waals surface area contributed by atoms with Gasteiger partial charge in [0.25, 0.3) is 17.4 Å². The van der Waals surface area contributed by atoms with Crippen LogP contribution < -0.4 is 16.2 Å². The molecule has 1 saturated carbocycles. The molecule has 0 bridgehead atoms. The molecule has 1 fully saturated rings. The number of carbonyl (C=O) groups excluding carboxylic acids is 2. The van der Waals surface area contributed by atoms with Crippen LogP contribution in [-0.2, 0) is 0 Å². The van der Waals surface area contributed by atoms with E-state index in [2.05, 4.69) is 10.6 Å². The summed E-state index contributed by atoms with van der Waals surface area (Å²) >= 11 is 0. The van der Waals surface area contributed by atoms with Gasteiger partial charge in [0.1, 0.15) is 11.4 Å². The van der Waals surface area contributed by atoms with Crippen LogP contribution in [0, 0.1) is 5.82 Å². The Morgan fingerprint density at radius 1 is 0.818 bits per heavy atom. The van der Waals surface area contributed by atoms with Gasteiger partial charge in [0.05, 0.1) is 5.56 Å². The van der Waals surface area contributed by atoms with Crippen LogP contribution >= 0.6 is 0 Å². The summed E-state index contributed by atoms with van der Waals surface area (Å²) in [5.41, 5.74) is 0.644. The molecule has 6 nitrogen and oxygen atoms in total. The summed E-state index contributed by atoms with van der Waals surface area (Å²) in [4.78, 5) is 38.1. The van der Waals surface area contributed by atoms with Crippen LogP contribution in [0.25, 0.3) is 5.69 Å². The van der Waals surface area contributed by atoms with Gasteiger partial charge in [-0.25, -0.2) is 4.39 Å². The van der Waals surface area contributed by atoms with Gasteiger partial charge in [-0.05, 0) is 61.4 Å². The van der Waals surface area contributed by atoms with E-state index in [1.54, 1.807) is 42.6 Å². The van der Waals surface area contributed by atoms with Crippen molar-refractivity contribution in [2.45, 2.75) is 44.6 Å². The first-order valence-electron chi connectivity index (χ1n) is 11.2. The fraction of sp³-hybridized carbons (Fsp3) is 0.269. The van der Waals surface area contributed by atoms with Gasteiger partial charge in [0, 0.05) is 23.6 Å². The summed E-state index contributed by atoms with van der Waals surface area (Å²) in [6.45, 7) is 0. The predicted molar refractivity (Wildman–Crippen MR) is 125 cm³/mol. The van der Waals surface area contributed by atoms with Gasteiger partial charge in [-0.3, -0.25) is 19.0 Å². The van der Waals surface area contributed by atoms with E-state index in [0.717, 1.165) is 25.7 Å². The zero-order valence-corrected chi connectivity index (χ0v) is 18.2. The second kappa shape index (κ2) is 10.3. The molecule has 2 amide bonds. The number of halogens is 1. The van der Waals surface area contributed by atoms with E-state index in [-0.39, 0.29) is 23.1 Å². The molecule has 1 heterocycles. The van der Waals surface area contributed by atoms with Crippen LogP contribution in [0.3, 0.4) is 0 Å². The van der Waals surface area contributed by atoms with E-state index in [1.165, 1.54) is 41.7 Å². The number of carbonyl (C=O) groups is 2. The molecular formula is C26H26FN3O3. The largest absolute Gasteiger partial charge is 0.349 e.